The van der Waals surface area contributed by atoms with Crippen molar-refractivity contribution in [1.82, 2.24) is 14.4 Å². The van der Waals surface area contributed by atoms with E-state index in [2.05, 4.69) is 51.4 Å². The van der Waals surface area contributed by atoms with Gasteiger partial charge in [-0.05, 0) is 29.5 Å². The highest BCUT2D eigenvalue weighted by atomic mass is 16.5. The maximum Gasteiger partial charge on any atom is 0.243 e. The third kappa shape index (κ3) is 5.53. The second kappa shape index (κ2) is 9.80. The molecule has 1 aliphatic rings. The van der Waals surface area contributed by atoms with E-state index >= 15 is 0 Å². The number of hydrogen-bond donors (Lipinski definition) is 0. The zero-order chi connectivity index (χ0) is 23.5. The highest BCUT2D eigenvalue weighted by molar-refractivity contribution is 5.85. The molecule has 1 aromatic heterocycles. The van der Waals surface area contributed by atoms with E-state index in [-0.39, 0.29) is 35.7 Å². The normalized spacial score (nSPS) is 16.1. The zero-order valence-corrected chi connectivity index (χ0v) is 20.3. The molecule has 32 heavy (non-hydrogen) atoms. The fourth-order valence-electron chi connectivity index (χ4n) is 4.39. The van der Waals surface area contributed by atoms with Crippen molar-refractivity contribution in [2.24, 2.45) is 11.3 Å². The third-order valence-electron chi connectivity index (χ3n) is 5.74. The van der Waals surface area contributed by atoms with E-state index < -0.39 is 0 Å². The molecule has 6 nitrogen and oxygen atoms in total. The third-order valence-corrected chi connectivity index (χ3v) is 5.74. The Hall–Kier alpha value is -2.76. The van der Waals surface area contributed by atoms with Crippen LogP contribution in [0.25, 0.3) is 0 Å². The quantitative estimate of drug-likeness (QED) is 0.645. The molecule has 6 heteroatoms. The summed E-state index contributed by atoms with van der Waals surface area (Å²) in [5, 5.41) is 0. The summed E-state index contributed by atoms with van der Waals surface area (Å²) in [4.78, 5) is 30.4. The van der Waals surface area contributed by atoms with Crippen LogP contribution in [-0.2, 0) is 16.1 Å². The molecule has 0 aliphatic carbocycles. The molecule has 0 fully saturated rings. The predicted octanol–water partition coefficient (Wildman–Crippen LogP) is 4.35. The molecular weight excluding hydrogens is 402 g/mol. The summed E-state index contributed by atoms with van der Waals surface area (Å²) in [5.41, 5.74) is 1.89. The topological polar surface area (TPSA) is 54.8 Å². The largest absolute Gasteiger partial charge is 0.496 e. The van der Waals surface area contributed by atoms with Gasteiger partial charge in [0.15, 0.2) is 0 Å². The molecule has 0 bridgehead atoms. The van der Waals surface area contributed by atoms with Crippen molar-refractivity contribution in [3.8, 4) is 5.75 Å². The van der Waals surface area contributed by atoms with Gasteiger partial charge in [0.05, 0.1) is 13.7 Å². The molecule has 1 aromatic carbocycles. The molecular formula is C26H37N3O3. The van der Waals surface area contributed by atoms with Crippen LogP contribution in [0.2, 0.25) is 0 Å². The molecule has 2 aromatic rings. The van der Waals surface area contributed by atoms with Crippen molar-refractivity contribution in [3.63, 3.8) is 0 Å². The summed E-state index contributed by atoms with van der Waals surface area (Å²) in [6, 6.07) is 11.7. The van der Waals surface area contributed by atoms with E-state index in [0.29, 0.717) is 19.5 Å². The first-order valence-corrected chi connectivity index (χ1v) is 11.5. The Morgan fingerprint density at radius 2 is 1.84 bits per heavy atom. The number of methoxy groups -OCH3 is 1. The van der Waals surface area contributed by atoms with E-state index in [1.54, 1.807) is 12.0 Å². The smallest absolute Gasteiger partial charge is 0.243 e. The van der Waals surface area contributed by atoms with Gasteiger partial charge in [-0.2, -0.15) is 0 Å². The maximum atomic E-state index is 13.7. The van der Waals surface area contributed by atoms with Gasteiger partial charge >= 0.3 is 0 Å². The van der Waals surface area contributed by atoms with Crippen LogP contribution in [-0.4, -0.2) is 52.9 Å². The van der Waals surface area contributed by atoms with Crippen molar-refractivity contribution in [2.75, 3.05) is 26.7 Å². The average Bonchev–Trinajstić information content (AvgIpc) is 3.19. The van der Waals surface area contributed by atoms with Gasteiger partial charge in [0.1, 0.15) is 11.8 Å². The molecule has 0 saturated carbocycles. The average molecular weight is 440 g/mol. The van der Waals surface area contributed by atoms with Crippen LogP contribution >= 0.6 is 0 Å². The van der Waals surface area contributed by atoms with Gasteiger partial charge in [0.25, 0.3) is 0 Å². The number of amides is 2. The van der Waals surface area contributed by atoms with Crippen LogP contribution in [0.15, 0.2) is 42.6 Å². The van der Waals surface area contributed by atoms with Crippen LogP contribution in [0.3, 0.4) is 0 Å². The lowest BCUT2D eigenvalue weighted by molar-refractivity contribution is -0.143. The Morgan fingerprint density at radius 1 is 1.12 bits per heavy atom. The number of para-hydroxylation sites is 1. The number of carbonyl (C=O) groups excluding carboxylic acids is 2. The number of carbonyl (C=O) groups is 2. The van der Waals surface area contributed by atoms with E-state index in [9.17, 15) is 9.59 Å². The molecule has 2 amide bonds. The predicted molar refractivity (Wildman–Crippen MR) is 126 cm³/mol. The molecule has 0 N–H and O–H groups in total. The number of nitrogens with zero attached hydrogens (tertiary/aromatic N) is 3. The Bertz CT molecular complexity index is 942. The SMILES string of the molecule is COc1ccccc1C1c2cccn2CCN1C(=O)CN(CC(C)C)C(=O)CC(C)(C)C. The Balaban J connectivity index is 1.91. The Kier molecular flexibility index (Phi) is 7.32. The Morgan fingerprint density at radius 3 is 2.50 bits per heavy atom. The number of fused-ring (bicyclic) bond motifs is 1. The van der Waals surface area contributed by atoms with Crippen LogP contribution < -0.4 is 4.74 Å². The van der Waals surface area contributed by atoms with E-state index in [0.717, 1.165) is 23.6 Å². The first-order chi connectivity index (χ1) is 15.1. The monoisotopic (exact) mass is 439 g/mol. The summed E-state index contributed by atoms with van der Waals surface area (Å²) in [6.07, 6.45) is 2.48. The fraction of sp³-hybridized carbons (Fsp3) is 0.538. The van der Waals surface area contributed by atoms with Gasteiger partial charge in [-0.1, -0.05) is 52.8 Å². The maximum absolute atomic E-state index is 13.7. The van der Waals surface area contributed by atoms with Gasteiger partial charge in [0, 0.05) is 43.5 Å². The van der Waals surface area contributed by atoms with Crippen molar-refractivity contribution in [2.45, 2.75) is 53.6 Å². The molecule has 0 radical (unpaired) electrons. The standard InChI is InChI=1S/C26H37N3O3/c1-19(2)17-28(23(30)16-26(3,4)5)18-24(31)29-15-14-27-13-9-11-21(27)25(29)20-10-7-8-12-22(20)32-6/h7-13,19,25H,14-18H2,1-6H3. The van der Waals surface area contributed by atoms with Gasteiger partial charge in [0.2, 0.25) is 11.8 Å². The second-order valence-electron chi connectivity index (χ2n) is 10.3. The Labute approximate surface area is 192 Å². The minimum absolute atomic E-state index is 0.0312. The van der Waals surface area contributed by atoms with Crippen LogP contribution in [0.1, 0.15) is 58.3 Å². The summed E-state index contributed by atoms with van der Waals surface area (Å²) in [7, 11) is 1.66. The molecule has 1 aliphatic heterocycles. The molecule has 3 rings (SSSR count). The first-order valence-electron chi connectivity index (χ1n) is 11.5. The molecule has 0 saturated heterocycles. The lowest BCUT2D eigenvalue weighted by atomic mass is 9.91. The second-order valence-corrected chi connectivity index (χ2v) is 10.3. The lowest BCUT2D eigenvalue weighted by Gasteiger charge is -2.39. The number of benzene rings is 1. The van der Waals surface area contributed by atoms with Gasteiger partial charge in [-0.3, -0.25) is 9.59 Å². The van der Waals surface area contributed by atoms with Gasteiger partial charge in [-0.15, -0.1) is 0 Å². The first kappa shape index (κ1) is 23.9. The highest BCUT2D eigenvalue weighted by Crippen LogP contribution is 2.37. The summed E-state index contributed by atoms with van der Waals surface area (Å²) in [6.45, 7) is 12.3. The molecule has 2 heterocycles. The zero-order valence-electron chi connectivity index (χ0n) is 20.3. The number of ether oxygens (including phenoxy) is 1. The summed E-state index contributed by atoms with van der Waals surface area (Å²) in [5.74, 6) is 1.05. The van der Waals surface area contributed by atoms with Crippen molar-refractivity contribution in [3.05, 3.63) is 53.9 Å². The number of rotatable bonds is 7. The minimum Gasteiger partial charge on any atom is -0.496 e. The van der Waals surface area contributed by atoms with Crippen molar-refractivity contribution < 1.29 is 14.3 Å². The van der Waals surface area contributed by atoms with Crippen LogP contribution in [0.4, 0.5) is 0 Å². The molecule has 1 atom stereocenters. The summed E-state index contributed by atoms with van der Waals surface area (Å²) >= 11 is 0. The minimum atomic E-state index is -0.249. The van der Waals surface area contributed by atoms with E-state index in [1.807, 2.05) is 35.2 Å². The highest BCUT2D eigenvalue weighted by Gasteiger charge is 2.35. The number of aromatic nitrogens is 1. The van der Waals surface area contributed by atoms with E-state index in [4.69, 9.17) is 4.74 Å². The van der Waals surface area contributed by atoms with Crippen LogP contribution in [0, 0.1) is 11.3 Å². The van der Waals surface area contributed by atoms with E-state index in [1.165, 1.54) is 0 Å². The fourth-order valence-corrected chi connectivity index (χ4v) is 4.39. The van der Waals surface area contributed by atoms with Crippen molar-refractivity contribution >= 4 is 11.8 Å². The van der Waals surface area contributed by atoms with Gasteiger partial charge in [-0.25, -0.2) is 0 Å². The van der Waals surface area contributed by atoms with Crippen LogP contribution in [0.5, 0.6) is 5.75 Å². The molecule has 0 spiro atoms. The number of hydrogen-bond acceptors (Lipinski definition) is 3. The molecule has 174 valence electrons. The van der Waals surface area contributed by atoms with Crippen molar-refractivity contribution in [1.29, 1.82) is 0 Å². The van der Waals surface area contributed by atoms with Gasteiger partial charge < -0.3 is 19.1 Å². The molecule has 1 unspecified atom stereocenters. The summed E-state index contributed by atoms with van der Waals surface area (Å²) < 4.78 is 7.83. The lowest BCUT2D eigenvalue weighted by Crippen LogP contribution is -2.49.